The number of hydrogen-bond acceptors (Lipinski definition) is 3. The summed E-state index contributed by atoms with van der Waals surface area (Å²) in [5.41, 5.74) is 1.45. The number of anilines is 1. The lowest BCUT2D eigenvalue weighted by Crippen LogP contribution is -2.32. The number of hydrogen-bond donors (Lipinski definition) is 1. The van der Waals surface area contributed by atoms with Crippen molar-refractivity contribution in [3.8, 4) is 6.07 Å². The molecule has 0 spiro atoms. The Kier molecular flexibility index (Phi) is 5.27. The number of aliphatic hydroxyl groups is 1. The minimum Gasteiger partial charge on any atom is -0.396 e. The summed E-state index contributed by atoms with van der Waals surface area (Å²) in [6.07, 6.45) is 0.676. The van der Waals surface area contributed by atoms with Crippen molar-refractivity contribution in [1.29, 1.82) is 5.26 Å². The van der Waals surface area contributed by atoms with Crippen molar-refractivity contribution < 1.29 is 5.11 Å². The minimum atomic E-state index is 0.145. The Labute approximate surface area is 107 Å². The van der Waals surface area contributed by atoms with Gasteiger partial charge in [-0.15, -0.1) is 0 Å². The lowest BCUT2D eigenvalue weighted by Gasteiger charge is -2.29. The van der Waals surface area contributed by atoms with Crippen LogP contribution in [0.25, 0.3) is 0 Å². The average Bonchev–Trinajstić information content (AvgIpc) is 2.29. The predicted octanol–water partition coefficient (Wildman–Crippen LogP) is 2.81. The summed E-state index contributed by atoms with van der Waals surface area (Å²) in [5, 5.41) is 18.6. The van der Waals surface area contributed by atoms with Gasteiger partial charge in [0.1, 0.15) is 6.07 Å². The van der Waals surface area contributed by atoms with Gasteiger partial charge < -0.3 is 10.0 Å². The summed E-state index contributed by atoms with van der Waals surface area (Å²) in [4.78, 5) is 2.08. The summed E-state index contributed by atoms with van der Waals surface area (Å²) in [6.45, 7) is 4.97. The topological polar surface area (TPSA) is 47.3 Å². The molecule has 92 valence electrons. The summed E-state index contributed by atoms with van der Waals surface area (Å²) < 4.78 is 0. The highest BCUT2D eigenvalue weighted by Crippen LogP contribution is 2.26. The fraction of sp³-hybridized carbons (Fsp3) is 0.462. The molecule has 1 N–H and O–H groups in total. The van der Waals surface area contributed by atoms with Crippen LogP contribution in [0, 0.1) is 11.3 Å². The van der Waals surface area contributed by atoms with Crippen molar-refractivity contribution in [2.75, 3.05) is 18.1 Å². The number of halogens is 1. The van der Waals surface area contributed by atoms with E-state index in [0.717, 1.165) is 5.69 Å². The van der Waals surface area contributed by atoms with Gasteiger partial charge in [0.25, 0.3) is 0 Å². The van der Waals surface area contributed by atoms with Gasteiger partial charge in [-0.2, -0.15) is 5.26 Å². The lowest BCUT2D eigenvalue weighted by molar-refractivity contribution is 0.288. The fourth-order valence-corrected chi connectivity index (χ4v) is 1.90. The van der Waals surface area contributed by atoms with E-state index >= 15 is 0 Å². The SMILES string of the molecule is CC(C)N(CCCO)c1cc(Cl)ccc1C#N. The molecular weight excluding hydrogens is 236 g/mol. The molecule has 17 heavy (non-hydrogen) atoms. The minimum absolute atomic E-state index is 0.145. The fourth-order valence-electron chi connectivity index (χ4n) is 1.73. The van der Waals surface area contributed by atoms with Crippen molar-refractivity contribution in [1.82, 2.24) is 0 Å². The zero-order valence-electron chi connectivity index (χ0n) is 10.2. The zero-order valence-corrected chi connectivity index (χ0v) is 10.9. The Morgan fingerprint density at radius 3 is 2.71 bits per heavy atom. The van der Waals surface area contributed by atoms with Crippen LogP contribution >= 0.6 is 11.6 Å². The molecular formula is C13H17ClN2O. The summed E-state index contributed by atoms with van der Waals surface area (Å²) >= 11 is 5.97. The Bertz CT molecular complexity index is 412. The highest BCUT2D eigenvalue weighted by atomic mass is 35.5. The first-order valence-corrected chi connectivity index (χ1v) is 6.05. The van der Waals surface area contributed by atoms with Crippen LogP contribution in [0.15, 0.2) is 18.2 Å². The standard InChI is InChI=1S/C13H17ClN2O/c1-10(2)16(6-3-7-17)13-8-12(14)5-4-11(13)9-15/h4-5,8,10,17H,3,6-7H2,1-2H3. The quantitative estimate of drug-likeness (QED) is 0.877. The molecule has 0 bridgehead atoms. The third kappa shape index (κ3) is 3.62. The maximum atomic E-state index is 9.10. The van der Waals surface area contributed by atoms with Gasteiger partial charge in [0.05, 0.1) is 11.3 Å². The molecule has 0 atom stereocenters. The van der Waals surface area contributed by atoms with Crippen molar-refractivity contribution in [3.05, 3.63) is 28.8 Å². The molecule has 0 unspecified atom stereocenters. The van der Waals surface area contributed by atoms with E-state index in [1.807, 2.05) is 0 Å². The van der Waals surface area contributed by atoms with E-state index in [1.165, 1.54) is 0 Å². The Morgan fingerprint density at radius 2 is 2.18 bits per heavy atom. The van der Waals surface area contributed by atoms with E-state index in [0.29, 0.717) is 23.6 Å². The van der Waals surface area contributed by atoms with Crippen molar-refractivity contribution in [2.45, 2.75) is 26.3 Å². The Balaban J connectivity index is 3.08. The number of aliphatic hydroxyl groups excluding tert-OH is 1. The van der Waals surface area contributed by atoms with Crippen LogP contribution in [-0.2, 0) is 0 Å². The number of nitrogens with zero attached hydrogens (tertiary/aromatic N) is 2. The molecule has 1 rings (SSSR count). The van der Waals surface area contributed by atoms with E-state index in [2.05, 4.69) is 24.8 Å². The van der Waals surface area contributed by atoms with Crippen molar-refractivity contribution in [3.63, 3.8) is 0 Å². The summed E-state index contributed by atoms with van der Waals surface area (Å²) in [5.74, 6) is 0. The molecule has 0 amide bonds. The third-order valence-electron chi connectivity index (χ3n) is 2.57. The Morgan fingerprint density at radius 1 is 1.47 bits per heavy atom. The second kappa shape index (κ2) is 6.48. The second-order valence-corrected chi connectivity index (χ2v) is 4.57. The van der Waals surface area contributed by atoms with Crippen molar-refractivity contribution in [2.24, 2.45) is 0 Å². The van der Waals surface area contributed by atoms with Gasteiger partial charge in [-0.3, -0.25) is 0 Å². The van der Waals surface area contributed by atoms with Gasteiger partial charge in [0.2, 0.25) is 0 Å². The van der Waals surface area contributed by atoms with Gasteiger partial charge in [0, 0.05) is 24.2 Å². The highest BCUT2D eigenvalue weighted by Gasteiger charge is 2.14. The second-order valence-electron chi connectivity index (χ2n) is 4.14. The molecule has 0 heterocycles. The molecule has 4 heteroatoms. The molecule has 0 radical (unpaired) electrons. The van der Waals surface area contributed by atoms with Gasteiger partial charge >= 0.3 is 0 Å². The van der Waals surface area contributed by atoms with Crippen LogP contribution in [0.5, 0.6) is 0 Å². The molecule has 1 aromatic rings. The Hall–Kier alpha value is -1.24. The van der Waals surface area contributed by atoms with Crippen LogP contribution in [0.4, 0.5) is 5.69 Å². The van der Waals surface area contributed by atoms with Crippen LogP contribution in [0.3, 0.4) is 0 Å². The first kappa shape index (κ1) is 13.8. The molecule has 0 aromatic heterocycles. The molecule has 1 aromatic carbocycles. The first-order valence-electron chi connectivity index (χ1n) is 5.67. The average molecular weight is 253 g/mol. The molecule has 0 saturated carbocycles. The van der Waals surface area contributed by atoms with E-state index in [-0.39, 0.29) is 12.6 Å². The van der Waals surface area contributed by atoms with Crippen molar-refractivity contribution >= 4 is 17.3 Å². The van der Waals surface area contributed by atoms with E-state index < -0.39 is 0 Å². The number of nitriles is 1. The monoisotopic (exact) mass is 252 g/mol. The van der Waals surface area contributed by atoms with Crippen LogP contribution in [-0.4, -0.2) is 24.3 Å². The molecule has 0 fully saturated rings. The third-order valence-corrected chi connectivity index (χ3v) is 2.81. The molecule has 0 saturated heterocycles. The van der Waals surface area contributed by atoms with Crippen LogP contribution in [0.1, 0.15) is 25.8 Å². The maximum absolute atomic E-state index is 9.10. The normalized spacial score (nSPS) is 10.4. The summed E-state index contributed by atoms with van der Waals surface area (Å²) in [6, 6.07) is 7.68. The molecule has 0 aliphatic carbocycles. The largest absolute Gasteiger partial charge is 0.396 e. The van der Waals surface area contributed by atoms with Gasteiger partial charge in [-0.25, -0.2) is 0 Å². The van der Waals surface area contributed by atoms with Crippen LogP contribution in [0.2, 0.25) is 5.02 Å². The molecule has 3 nitrogen and oxygen atoms in total. The van der Waals surface area contributed by atoms with Crippen LogP contribution < -0.4 is 4.90 Å². The lowest BCUT2D eigenvalue weighted by atomic mass is 10.1. The highest BCUT2D eigenvalue weighted by molar-refractivity contribution is 6.30. The number of benzene rings is 1. The predicted molar refractivity (Wildman–Crippen MR) is 70.4 cm³/mol. The molecule has 0 aliphatic rings. The van der Waals surface area contributed by atoms with E-state index in [9.17, 15) is 0 Å². The molecule has 0 aliphatic heterocycles. The van der Waals surface area contributed by atoms with E-state index in [1.54, 1.807) is 18.2 Å². The van der Waals surface area contributed by atoms with Gasteiger partial charge in [-0.05, 0) is 38.5 Å². The van der Waals surface area contributed by atoms with E-state index in [4.69, 9.17) is 22.0 Å². The summed E-state index contributed by atoms with van der Waals surface area (Å²) in [7, 11) is 0. The first-order chi connectivity index (χ1) is 8.10. The zero-order chi connectivity index (χ0) is 12.8. The number of rotatable bonds is 5. The van der Waals surface area contributed by atoms with Gasteiger partial charge in [-0.1, -0.05) is 11.6 Å². The smallest absolute Gasteiger partial charge is 0.101 e. The maximum Gasteiger partial charge on any atom is 0.101 e. The van der Waals surface area contributed by atoms with Gasteiger partial charge in [0.15, 0.2) is 0 Å².